The number of amides is 4. The maximum Gasteiger partial charge on any atom is 0.325 e. The first-order valence-corrected chi connectivity index (χ1v) is 9.13. The number of methoxy groups -OCH3 is 2. The first-order valence-electron chi connectivity index (χ1n) is 9.13. The summed E-state index contributed by atoms with van der Waals surface area (Å²) in [6.45, 7) is 0.425. The molecule has 29 heavy (non-hydrogen) atoms. The number of imide groups is 1. The lowest BCUT2D eigenvalue weighted by molar-refractivity contribution is -0.131. The highest BCUT2D eigenvalue weighted by Gasteiger charge is 2.39. The van der Waals surface area contributed by atoms with Crippen molar-refractivity contribution in [1.29, 1.82) is 0 Å². The fourth-order valence-electron chi connectivity index (χ4n) is 3.06. The van der Waals surface area contributed by atoms with Gasteiger partial charge in [-0.1, -0.05) is 6.07 Å². The van der Waals surface area contributed by atoms with Gasteiger partial charge in [0, 0.05) is 6.54 Å². The van der Waals surface area contributed by atoms with Crippen molar-refractivity contribution < 1.29 is 28.3 Å². The van der Waals surface area contributed by atoms with E-state index in [0.717, 1.165) is 10.5 Å². The van der Waals surface area contributed by atoms with Gasteiger partial charge in [-0.25, -0.2) is 4.79 Å². The molecule has 1 saturated heterocycles. The van der Waals surface area contributed by atoms with Crippen LogP contribution in [0.5, 0.6) is 11.5 Å². The SMILES string of the molecule is COc1ccc(CCNC(=O)CC2NC(=O)N(Cc3ccco3)C2=O)cc1OC. The van der Waals surface area contributed by atoms with E-state index in [9.17, 15) is 14.4 Å². The number of nitrogens with zero attached hydrogens (tertiary/aromatic N) is 1. The van der Waals surface area contributed by atoms with Gasteiger partial charge in [-0.2, -0.15) is 0 Å². The van der Waals surface area contributed by atoms with Crippen LogP contribution in [0.3, 0.4) is 0 Å². The molecule has 1 fully saturated rings. The quantitative estimate of drug-likeness (QED) is 0.616. The Balaban J connectivity index is 1.47. The number of furan rings is 1. The van der Waals surface area contributed by atoms with Gasteiger partial charge < -0.3 is 24.5 Å². The van der Waals surface area contributed by atoms with Crippen LogP contribution >= 0.6 is 0 Å². The van der Waals surface area contributed by atoms with E-state index in [2.05, 4.69) is 10.6 Å². The van der Waals surface area contributed by atoms with E-state index in [4.69, 9.17) is 13.9 Å². The van der Waals surface area contributed by atoms with Gasteiger partial charge >= 0.3 is 6.03 Å². The Bertz CT molecular complexity index is 880. The van der Waals surface area contributed by atoms with Crippen molar-refractivity contribution in [2.24, 2.45) is 0 Å². The third-order valence-corrected chi connectivity index (χ3v) is 4.57. The number of carbonyl (C=O) groups excluding carboxylic acids is 3. The van der Waals surface area contributed by atoms with E-state index in [0.29, 0.717) is 30.2 Å². The number of benzene rings is 1. The van der Waals surface area contributed by atoms with Crippen molar-refractivity contribution in [2.75, 3.05) is 20.8 Å². The monoisotopic (exact) mass is 401 g/mol. The third-order valence-electron chi connectivity index (χ3n) is 4.57. The fourth-order valence-corrected chi connectivity index (χ4v) is 3.06. The summed E-state index contributed by atoms with van der Waals surface area (Å²) in [4.78, 5) is 37.6. The summed E-state index contributed by atoms with van der Waals surface area (Å²) in [5.41, 5.74) is 0.970. The van der Waals surface area contributed by atoms with Crippen LogP contribution < -0.4 is 20.1 Å². The van der Waals surface area contributed by atoms with Crippen molar-refractivity contribution in [3.63, 3.8) is 0 Å². The van der Waals surface area contributed by atoms with Crippen molar-refractivity contribution >= 4 is 17.8 Å². The number of rotatable bonds is 9. The normalized spacial score (nSPS) is 15.9. The summed E-state index contributed by atoms with van der Waals surface area (Å²) < 4.78 is 15.6. The average Bonchev–Trinajstić information content (AvgIpc) is 3.32. The Hall–Kier alpha value is -3.49. The molecule has 1 atom stereocenters. The Morgan fingerprint density at radius 1 is 1.21 bits per heavy atom. The minimum Gasteiger partial charge on any atom is -0.493 e. The molecule has 0 saturated carbocycles. The van der Waals surface area contributed by atoms with Crippen LogP contribution in [0.25, 0.3) is 0 Å². The van der Waals surface area contributed by atoms with Gasteiger partial charge in [-0.05, 0) is 36.2 Å². The molecule has 1 aliphatic rings. The van der Waals surface area contributed by atoms with Crippen LogP contribution in [-0.4, -0.2) is 49.6 Å². The number of urea groups is 1. The summed E-state index contributed by atoms with van der Waals surface area (Å²) in [5.74, 6) is 0.987. The van der Waals surface area contributed by atoms with E-state index in [1.807, 2.05) is 12.1 Å². The standard InChI is InChI=1S/C20H23N3O6/c1-27-16-6-5-13(10-17(16)28-2)7-8-21-18(24)11-15-19(25)23(20(26)22-15)12-14-4-3-9-29-14/h3-6,9-10,15H,7-8,11-12H2,1-2H3,(H,21,24)(H,22,26). The van der Waals surface area contributed by atoms with Gasteiger partial charge in [-0.3, -0.25) is 14.5 Å². The van der Waals surface area contributed by atoms with Gasteiger partial charge in [0.2, 0.25) is 5.91 Å². The molecule has 2 N–H and O–H groups in total. The molecule has 1 unspecified atom stereocenters. The second-order valence-corrected chi connectivity index (χ2v) is 6.50. The Morgan fingerprint density at radius 3 is 2.69 bits per heavy atom. The predicted molar refractivity (Wildman–Crippen MR) is 102 cm³/mol. The topological polar surface area (TPSA) is 110 Å². The van der Waals surface area contributed by atoms with Gasteiger partial charge in [0.1, 0.15) is 11.8 Å². The van der Waals surface area contributed by atoms with Crippen LogP contribution in [0.1, 0.15) is 17.7 Å². The molecule has 1 aromatic carbocycles. The lowest BCUT2D eigenvalue weighted by Crippen LogP contribution is -2.37. The van der Waals surface area contributed by atoms with Crippen LogP contribution in [0.4, 0.5) is 4.79 Å². The lowest BCUT2D eigenvalue weighted by Gasteiger charge is -2.12. The molecule has 2 heterocycles. The van der Waals surface area contributed by atoms with E-state index < -0.39 is 18.0 Å². The van der Waals surface area contributed by atoms with Gasteiger partial charge in [0.15, 0.2) is 11.5 Å². The molecule has 2 aromatic rings. The first-order chi connectivity index (χ1) is 14.0. The summed E-state index contributed by atoms with van der Waals surface area (Å²) in [6.07, 6.45) is 1.93. The van der Waals surface area contributed by atoms with Crippen LogP contribution in [-0.2, 0) is 22.6 Å². The predicted octanol–water partition coefficient (Wildman–Crippen LogP) is 1.47. The molecule has 1 aromatic heterocycles. The van der Waals surface area contributed by atoms with Crippen LogP contribution in [0.2, 0.25) is 0 Å². The minimum atomic E-state index is -0.876. The molecule has 1 aliphatic heterocycles. The maximum absolute atomic E-state index is 12.4. The van der Waals surface area contributed by atoms with Crippen molar-refractivity contribution in [3.05, 3.63) is 47.9 Å². The fraction of sp³-hybridized carbons (Fsp3) is 0.350. The maximum atomic E-state index is 12.4. The van der Waals surface area contributed by atoms with Crippen molar-refractivity contribution in [2.45, 2.75) is 25.4 Å². The molecule has 0 aliphatic carbocycles. The number of nitrogens with one attached hydrogen (secondary N) is 2. The molecule has 9 heteroatoms. The third kappa shape index (κ3) is 4.87. The zero-order chi connectivity index (χ0) is 20.8. The molecule has 4 amide bonds. The molecule has 3 rings (SSSR count). The van der Waals surface area contributed by atoms with E-state index in [1.165, 1.54) is 6.26 Å². The molecule has 9 nitrogen and oxygen atoms in total. The highest BCUT2D eigenvalue weighted by atomic mass is 16.5. The number of carbonyl (C=O) groups is 3. The molecular formula is C20H23N3O6. The van der Waals surface area contributed by atoms with E-state index in [1.54, 1.807) is 32.4 Å². The Labute approximate surface area is 167 Å². The average molecular weight is 401 g/mol. The highest BCUT2D eigenvalue weighted by Crippen LogP contribution is 2.27. The summed E-state index contributed by atoms with van der Waals surface area (Å²) in [6, 6.07) is 7.48. The molecule has 154 valence electrons. The minimum absolute atomic E-state index is 0.0368. The summed E-state index contributed by atoms with van der Waals surface area (Å²) in [5, 5.41) is 5.31. The highest BCUT2D eigenvalue weighted by molar-refractivity contribution is 6.05. The first kappa shape index (κ1) is 20.2. The van der Waals surface area contributed by atoms with Crippen molar-refractivity contribution in [3.8, 4) is 11.5 Å². The van der Waals surface area contributed by atoms with Gasteiger partial charge in [0.05, 0.1) is 33.4 Å². The zero-order valence-corrected chi connectivity index (χ0v) is 16.3. The van der Waals surface area contributed by atoms with Crippen LogP contribution in [0, 0.1) is 0 Å². The van der Waals surface area contributed by atoms with Crippen LogP contribution in [0.15, 0.2) is 41.0 Å². The van der Waals surface area contributed by atoms with E-state index in [-0.39, 0.29) is 18.9 Å². The van der Waals surface area contributed by atoms with Gasteiger partial charge in [-0.15, -0.1) is 0 Å². The summed E-state index contributed by atoms with van der Waals surface area (Å²) >= 11 is 0. The number of ether oxygens (including phenoxy) is 2. The van der Waals surface area contributed by atoms with Gasteiger partial charge in [0.25, 0.3) is 5.91 Å². The number of hydrogen-bond acceptors (Lipinski definition) is 6. The Morgan fingerprint density at radius 2 is 2.00 bits per heavy atom. The Kier molecular flexibility index (Phi) is 6.38. The zero-order valence-electron chi connectivity index (χ0n) is 16.3. The summed E-state index contributed by atoms with van der Waals surface area (Å²) in [7, 11) is 3.13. The smallest absolute Gasteiger partial charge is 0.325 e. The molecule has 0 radical (unpaired) electrons. The van der Waals surface area contributed by atoms with Crippen molar-refractivity contribution in [1.82, 2.24) is 15.5 Å². The molecule has 0 spiro atoms. The lowest BCUT2D eigenvalue weighted by atomic mass is 10.1. The largest absolute Gasteiger partial charge is 0.493 e. The van der Waals surface area contributed by atoms with E-state index >= 15 is 0 Å². The number of hydrogen-bond donors (Lipinski definition) is 2. The molecule has 0 bridgehead atoms. The second-order valence-electron chi connectivity index (χ2n) is 6.50. The molecular weight excluding hydrogens is 378 g/mol. The second kappa shape index (κ2) is 9.13.